The van der Waals surface area contributed by atoms with Crippen molar-refractivity contribution in [3.05, 3.63) is 29.6 Å². The van der Waals surface area contributed by atoms with Gasteiger partial charge in [-0.05, 0) is 24.1 Å². The summed E-state index contributed by atoms with van der Waals surface area (Å²) in [4.78, 5) is 22.6. The molecule has 1 aromatic carbocycles. The average Bonchev–Trinajstić information content (AvgIpc) is 2.28. The predicted molar refractivity (Wildman–Crippen MR) is 61.8 cm³/mol. The normalized spacial score (nSPS) is 12.2. The fourth-order valence-corrected chi connectivity index (χ4v) is 1.42. The minimum Gasteiger partial charge on any atom is -0.507 e. The highest BCUT2D eigenvalue weighted by molar-refractivity contribution is 5.98. The summed E-state index contributed by atoms with van der Waals surface area (Å²) in [5.74, 6) is -3.43. The Morgan fingerprint density at radius 3 is 2.44 bits per heavy atom. The smallest absolute Gasteiger partial charge is 0.326 e. The van der Waals surface area contributed by atoms with Crippen LogP contribution in [0.3, 0.4) is 0 Å². The number of hydrogen-bond acceptors (Lipinski definition) is 3. The van der Waals surface area contributed by atoms with Crippen LogP contribution in [0.1, 0.15) is 24.2 Å². The molecule has 6 heteroatoms. The van der Waals surface area contributed by atoms with Crippen LogP contribution in [-0.2, 0) is 4.79 Å². The third-order valence-electron chi connectivity index (χ3n) is 2.42. The molecule has 0 saturated heterocycles. The number of carbonyl (C=O) groups is 2. The van der Waals surface area contributed by atoms with Crippen molar-refractivity contribution in [2.45, 2.75) is 19.9 Å². The molecule has 3 N–H and O–H groups in total. The van der Waals surface area contributed by atoms with Gasteiger partial charge in [-0.15, -0.1) is 0 Å². The highest BCUT2D eigenvalue weighted by atomic mass is 19.1. The van der Waals surface area contributed by atoms with E-state index in [4.69, 9.17) is 5.11 Å². The first kappa shape index (κ1) is 14.0. The Morgan fingerprint density at radius 1 is 1.33 bits per heavy atom. The van der Waals surface area contributed by atoms with Crippen LogP contribution < -0.4 is 5.32 Å². The van der Waals surface area contributed by atoms with Crippen LogP contribution in [0, 0.1) is 11.7 Å². The summed E-state index contributed by atoms with van der Waals surface area (Å²) < 4.78 is 13.0. The van der Waals surface area contributed by atoms with Gasteiger partial charge in [-0.2, -0.15) is 0 Å². The lowest BCUT2D eigenvalue weighted by atomic mass is 10.0. The molecular weight excluding hydrogens is 241 g/mol. The van der Waals surface area contributed by atoms with E-state index in [9.17, 15) is 19.1 Å². The van der Waals surface area contributed by atoms with Crippen LogP contribution in [0.15, 0.2) is 18.2 Å². The van der Waals surface area contributed by atoms with E-state index in [-0.39, 0.29) is 11.5 Å². The first-order chi connectivity index (χ1) is 8.32. The van der Waals surface area contributed by atoms with Gasteiger partial charge >= 0.3 is 5.97 Å². The molecule has 1 aromatic rings. The molecule has 0 unspecified atom stereocenters. The number of carbonyl (C=O) groups excluding carboxylic acids is 1. The van der Waals surface area contributed by atoms with E-state index in [1.54, 1.807) is 13.8 Å². The summed E-state index contributed by atoms with van der Waals surface area (Å²) in [7, 11) is 0. The minimum absolute atomic E-state index is 0.290. The molecule has 98 valence electrons. The van der Waals surface area contributed by atoms with Crippen LogP contribution in [0.2, 0.25) is 0 Å². The molecule has 1 rings (SSSR count). The molecule has 0 saturated carbocycles. The second kappa shape index (κ2) is 5.48. The van der Waals surface area contributed by atoms with Crippen molar-refractivity contribution in [1.29, 1.82) is 0 Å². The Balaban J connectivity index is 2.94. The number of carboxylic acids is 1. The maximum atomic E-state index is 13.0. The van der Waals surface area contributed by atoms with E-state index in [0.717, 1.165) is 18.2 Å². The minimum atomic E-state index is -1.19. The third-order valence-corrected chi connectivity index (χ3v) is 2.42. The first-order valence-corrected chi connectivity index (χ1v) is 5.35. The van der Waals surface area contributed by atoms with Crippen molar-refractivity contribution in [2.24, 2.45) is 5.92 Å². The molecule has 0 heterocycles. The van der Waals surface area contributed by atoms with E-state index >= 15 is 0 Å². The number of benzene rings is 1. The summed E-state index contributed by atoms with van der Waals surface area (Å²) in [6, 6.07) is 1.79. The molecule has 0 aliphatic rings. The molecule has 0 bridgehead atoms. The lowest BCUT2D eigenvalue weighted by Gasteiger charge is -2.18. The lowest BCUT2D eigenvalue weighted by molar-refractivity contribution is -0.140. The number of hydrogen-bond donors (Lipinski definition) is 3. The van der Waals surface area contributed by atoms with Gasteiger partial charge in [0.25, 0.3) is 5.91 Å². The van der Waals surface area contributed by atoms with Gasteiger partial charge in [-0.3, -0.25) is 4.79 Å². The van der Waals surface area contributed by atoms with E-state index in [1.165, 1.54) is 0 Å². The molecule has 18 heavy (non-hydrogen) atoms. The van der Waals surface area contributed by atoms with E-state index in [1.807, 2.05) is 0 Å². The lowest BCUT2D eigenvalue weighted by Crippen LogP contribution is -2.44. The molecule has 0 aromatic heterocycles. The van der Waals surface area contributed by atoms with Gasteiger partial charge in [0.15, 0.2) is 0 Å². The van der Waals surface area contributed by atoms with Gasteiger partial charge in [0.2, 0.25) is 0 Å². The molecule has 0 aliphatic heterocycles. The van der Waals surface area contributed by atoms with Gasteiger partial charge in [0, 0.05) is 0 Å². The number of phenolic OH excluding ortho intramolecular Hbond substituents is 1. The van der Waals surface area contributed by atoms with Crippen LogP contribution in [0.4, 0.5) is 4.39 Å². The molecule has 0 spiro atoms. The van der Waals surface area contributed by atoms with Crippen LogP contribution in [0.25, 0.3) is 0 Å². The molecule has 1 amide bonds. The fraction of sp³-hybridized carbons (Fsp3) is 0.333. The van der Waals surface area contributed by atoms with Gasteiger partial charge in [-0.25, -0.2) is 9.18 Å². The van der Waals surface area contributed by atoms with E-state index < -0.39 is 29.5 Å². The highest BCUT2D eigenvalue weighted by Gasteiger charge is 2.25. The van der Waals surface area contributed by atoms with Crippen LogP contribution in [-0.4, -0.2) is 28.1 Å². The van der Waals surface area contributed by atoms with E-state index in [0.29, 0.717) is 0 Å². The Bertz CT molecular complexity index is 473. The number of carboxylic acid groups (broad SMARTS) is 1. The molecule has 0 aliphatic carbocycles. The second-order valence-corrected chi connectivity index (χ2v) is 4.19. The molecule has 0 fully saturated rings. The number of aromatic hydroxyl groups is 1. The zero-order chi connectivity index (χ0) is 13.9. The largest absolute Gasteiger partial charge is 0.507 e. The average molecular weight is 255 g/mol. The quantitative estimate of drug-likeness (QED) is 0.758. The summed E-state index contributed by atoms with van der Waals surface area (Å²) in [5.41, 5.74) is -0.290. The SMILES string of the molecule is CC(C)[C@H](NC(=O)c1cc(F)ccc1O)C(=O)O. The van der Waals surface area contributed by atoms with Gasteiger partial charge < -0.3 is 15.5 Å². The van der Waals surface area contributed by atoms with Crippen LogP contribution >= 0.6 is 0 Å². The molecular formula is C12H14FNO4. The Labute approximate surface area is 103 Å². The van der Waals surface area contributed by atoms with Gasteiger partial charge in [-0.1, -0.05) is 13.8 Å². The topological polar surface area (TPSA) is 86.6 Å². The molecule has 0 radical (unpaired) electrons. The van der Waals surface area contributed by atoms with E-state index in [2.05, 4.69) is 5.32 Å². The summed E-state index contributed by atoms with van der Waals surface area (Å²) in [5, 5.41) is 20.6. The molecule has 1 atom stereocenters. The van der Waals surface area contributed by atoms with Crippen molar-refractivity contribution in [3.8, 4) is 5.75 Å². The second-order valence-electron chi connectivity index (χ2n) is 4.19. The summed E-state index contributed by atoms with van der Waals surface area (Å²) >= 11 is 0. The van der Waals surface area contributed by atoms with Crippen molar-refractivity contribution >= 4 is 11.9 Å². The zero-order valence-corrected chi connectivity index (χ0v) is 9.98. The maximum absolute atomic E-state index is 13.0. The summed E-state index contributed by atoms with van der Waals surface area (Å²) in [6.45, 7) is 3.26. The fourth-order valence-electron chi connectivity index (χ4n) is 1.42. The third kappa shape index (κ3) is 3.19. The standard InChI is InChI=1S/C12H14FNO4/c1-6(2)10(12(17)18)14-11(16)8-5-7(13)3-4-9(8)15/h3-6,10,15H,1-2H3,(H,14,16)(H,17,18)/t10-/m0/s1. The Kier molecular flexibility index (Phi) is 4.25. The number of halogens is 1. The number of aliphatic carboxylic acids is 1. The highest BCUT2D eigenvalue weighted by Crippen LogP contribution is 2.18. The zero-order valence-electron chi connectivity index (χ0n) is 9.98. The first-order valence-electron chi connectivity index (χ1n) is 5.35. The van der Waals surface area contributed by atoms with Gasteiger partial charge in [0.05, 0.1) is 5.56 Å². The van der Waals surface area contributed by atoms with Gasteiger partial charge in [0.1, 0.15) is 17.6 Å². The number of phenols is 1. The van der Waals surface area contributed by atoms with Crippen molar-refractivity contribution in [1.82, 2.24) is 5.32 Å². The molecule has 5 nitrogen and oxygen atoms in total. The number of nitrogens with one attached hydrogen (secondary N) is 1. The van der Waals surface area contributed by atoms with Crippen molar-refractivity contribution < 1.29 is 24.2 Å². The van der Waals surface area contributed by atoms with Crippen molar-refractivity contribution in [3.63, 3.8) is 0 Å². The number of amides is 1. The monoisotopic (exact) mass is 255 g/mol. The summed E-state index contributed by atoms with van der Waals surface area (Å²) in [6.07, 6.45) is 0. The maximum Gasteiger partial charge on any atom is 0.326 e. The Morgan fingerprint density at radius 2 is 1.94 bits per heavy atom. The number of rotatable bonds is 4. The predicted octanol–water partition coefficient (Wildman–Crippen LogP) is 1.37. The van der Waals surface area contributed by atoms with Crippen LogP contribution in [0.5, 0.6) is 5.75 Å². The van der Waals surface area contributed by atoms with Crippen molar-refractivity contribution in [2.75, 3.05) is 0 Å². The Hall–Kier alpha value is -2.11.